The number of hydrogen-bond donors (Lipinski definition) is 1. The van der Waals surface area contributed by atoms with Crippen LogP contribution in [0.2, 0.25) is 0 Å². The molecule has 1 heterocycles. The first-order valence-electron chi connectivity index (χ1n) is 5.69. The largest absolute Gasteiger partial charge is 0.285 e. The molecule has 0 fully saturated rings. The number of rotatable bonds is 1. The van der Waals surface area contributed by atoms with Crippen molar-refractivity contribution < 1.29 is 0 Å². The highest BCUT2D eigenvalue weighted by Crippen LogP contribution is 2.28. The molecule has 0 saturated heterocycles. The first-order chi connectivity index (χ1) is 8.84. The Morgan fingerprint density at radius 1 is 0.944 bits per heavy atom. The maximum Gasteiger partial charge on any atom is 0.0557 e. The van der Waals surface area contributed by atoms with E-state index in [4.69, 9.17) is 0 Å². The van der Waals surface area contributed by atoms with Crippen LogP contribution in [0.1, 0.15) is 5.56 Å². The molecule has 1 N–H and O–H groups in total. The molecule has 1 aromatic carbocycles. The van der Waals surface area contributed by atoms with Gasteiger partial charge in [0, 0.05) is 21.8 Å². The van der Waals surface area contributed by atoms with Gasteiger partial charge in [-0.3, -0.25) is 5.43 Å². The molecule has 2 aliphatic rings. The third-order valence-corrected chi connectivity index (χ3v) is 3.42. The van der Waals surface area contributed by atoms with E-state index in [0.717, 1.165) is 15.6 Å². The summed E-state index contributed by atoms with van der Waals surface area (Å²) >= 11 is 3.46. The van der Waals surface area contributed by atoms with Crippen molar-refractivity contribution in [1.82, 2.24) is 5.43 Å². The lowest BCUT2D eigenvalue weighted by atomic mass is 9.96. The van der Waals surface area contributed by atoms with Gasteiger partial charge in [-0.2, -0.15) is 5.10 Å². The topological polar surface area (TPSA) is 24.4 Å². The molecule has 0 amide bonds. The molecule has 0 spiro atoms. The smallest absolute Gasteiger partial charge is 0.0557 e. The molecule has 0 aromatic heterocycles. The summed E-state index contributed by atoms with van der Waals surface area (Å²) < 4.78 is 1.09. The summed E-state index contributed by atoms with van der Waals surface area (Å²) in [6.07, 6.45) is 12.1. The maximum atomic E-state index is 4.11. The minimum atomic E-state index is 1.09. The van der Waals surface area contributed by atoms with Crippen molar-refractivity contribution in [1.29, 1.82) is 0 Å². The van der Waals surface area contributed by atoms with Gasteiger partial charge in [-0.15, -0.1) is 0 Å². The third-order valence-electron chi connectivity index (χ3n) is 2.89. The summed E-state index contributed by atoms with van der Waals surface area (Å²) in [6.45, 7) is 0. The molecule has 0 saturated carbocycles. The van der Waals surface area contributed by atoms with Crippen LogP contribution in [0.4, 0.5) is 0 Å². The van der Waals surface area contributed by atoms with E-state index < -0.39 is 0 Å². The van der Waals surface area contributed by atoms with Crippen LogP contribution in [0, 0.1) is 0 Å². The zero-order valence-corrected chi connectivity index (χ0v) is 11.2. The fourth-order valence-corrected chi connectivity index (χ4v) is 2.27. The second kappa shape index (κ2) is 4.78. The van der Waals surface area contributed by atoms with Gasteiger partial charge in [-0.1, -0.05) is 52.4 Å². The second-order valence-corrected chi connectivity index (χ2v) is 4.96. The lowest BCUT2D eigenvalue weighted by Gasteiger charge is -2.12. The standard InChI is InChI=1S/C15H11BrN2/c16-13-7-5-11(6-8-13)14-4-2-1-3-12-9-17-18-10-15(12)14/h1-10,17H. The Morgan fingerprint density at radius 3 is 2.56 bits per heavy atom. The van der Waals surface area contributed by atoms with Crippen LogP contribution in [0.3, 0.4) is 0 Å². The Morgan fingerprint density at radius 2 is 1.72 bits per heavy atom. The molecular formula is C15H11BrN2. The summed E-state index contributed by atoms with van der Waals surface area (Å²) in [6, 6.07) is 8.32. The van der Waals surface area contributed by atoms with Crippen molar-refractivity contribution >= 4 is 27.7 Å². The number of benzene rings is 1. The van der Waals surface area contributed by atoms with E-state index in [2.05, 4.69) is 69.0 Å². The van der Waals surface area contributed by atoms with E-state index in [1.807, 2.05) is 18.5 Å². The number of hydrogen-bond acceptors (Lipinski definition) is 2. The van der Waals surface area contributed by atoms with Crippen molar-refractivity contribution in [3.8, 4) is 0 Å². The van der Waals surface area contributed by atoms with E-state index in [1.165, 1.54) is 11.1 Å². The first-order valence-corrected chi connectivity index (χ1v) is 6.48. The first kappa shape index (κ1) is 11.2. The van der Waals surface area contributed by atoms with Crippen molar-refractivity contribution in [2.75, 3.05) is 0 Å². The highest BCUT2D eigenvalue weighted by atomic mass is 79.9. The molecule has 1 aromatic rings. The molecule has 0 atom stereocenters. The lowest BCUT2D eigenvalue weighted by Crippen LogP contribution is -2.07. The molecule has 18 heavy (non-hydrogen) atoms. The second-order valence-electron chi connectivity index (χ2n) is 4.04. The van der Waals surface area contributed by atoms with Crippen LogP contribution in [-0.2, 0) is 0 Å². The van der Waals surface area contributed by atoms with Gasteiger partial charge in [0.25, 0.3) is 0 Å². The monoisotopic (exact) mass is 298 g/mol. The summed E-state index contributed by atoms with van der Waals surface area (Å²) in [7, 11) is 0. The fourth-order valence-electron chi connectivity index (χ4n) is 2.01. The zero-order chi connectivity index (χ0) is 12.4. The van der Waals surface area contributed by atoms with Gasteiger partial charge >= 0.3 is 0 Å². The molecule has 1 aliphatic carbocycles. The average molecular weight is 299 g/mol. The van der Waals surface area contributed by atoms with E-state index in [-0.39, 0.29) is 0 Å². The Kier molecular flexibility index (Phi) is 2.99. The van der Waals surface area contributed by atoms with E-state index >= 15 is 0 Å². The Balaban J connectivity index is 2.16. The quantitative estimate of drug-likeness (QED) is 0.838. The predicted octanol–water partition coefficient (Wildman–Crippen LogP) is 3.80. The maximum absolute atomic E-state index is 4.11. The van der Waals surface area contributed by atoms with Gasteiger partial charge in [0.05, 0.1) is 6.21 Å². The average Bonchev–Trinajstić information content (AvgIpc) is 2.62. The molecule has 1 aliphatic heterocycles. The number of hydrazone groups is 1. The highest BCUT2D eigenvalue weighted by molar-refractivity contribution is 9.10. The highest BCUT2D eigenvalue weighted by Gasteiger charge is 2.12. The molecule has 2 nitrogen and oxygen atoms in total. The minimum absolute atomic E-state index is 1.09. The number of fused-ring (bicyclic) bond motifs is 1. The van der Waals surface area contributed by atoms with Gasteiger partial charge in [-0.05, 0) is 23.3 Å². The van der Waals surface area contributed by atoms with Crippen LogP contribution in [0.25, 0.3) is 5.57 Å². The van der Waals surface area contributed by atoms with Gasteiger partial charge in [0.1, 0.15) is 0 Å². The molecule has 0 bridgehead atoms. The normalized spacial score (nSPS) is 17.1. The van der Waals surface area contributed by atoms with E-state index in [9.17, 15) is 0 Å². The van der Waals surface area contributed by atoms with E-state index in [0.29, 0.717) is 0 Å². The Bertz CT molecular complexity index is 616. The van der Waals surface area contributed by atoms with Gasteiger partial charge < -0.3 is 0 Å². The number of nitrogens with one attached hydrogen (secondary N) is 1. The van der Waals surface area contributed by atoms with E-state index in [1.54, 1.807) is 0 Å². The van der Waals surface area contributed by atoms with Crippen LogP contribution in [0.15, 0.2) is 75.5 Å². The molecule has 3 heteroatoms. The van der Waals surface area contributed by atoms with Crippen molar-refractivity contribution in [2.24, 2.45) is 5.10 Å². The molecule has 0 unspecified atom stereocenters. The summed E-state index contributed by atoms with van der Waals surface area (Å²) in [5.74, 6) is 0. The molecule has 3 rings (SSSR count). The van der Waals surface area contributed by atoms with Crippen LogP contribution < -0.4 is 5.43 Å². The van der Waals surface area contributed by atoms with Gasteiger partial charge in [-0.25, -0.2) is 0 Å². The fraction of sp³-hybridized carbons (Fsp3) is 0. The van der Waals surface area contributed by atoms with Crippen LogP contribution in [0.5, 0.6) is 0 Å². The van der Waals surface area contributed by atoms with Gasteiger partial charge in [0.15, 0.2) is 0 Å². The summed E-state index contributed by atoms with van der Waals surface area (Å²) in [5, 5.41) is 4.11. The Labute approximate surface area is 114 Å². The number of allylic oxidation sites excluding steroid dienone is 7. The van der Waals surface area contributed by atoms with Crippen molar-refractivity contribution in [2.45, 2.75) is 0 Å². The lowest BCUT2D eigenvalue weighted by molar-refractivity contribution is 0.955. The molecule has 88 valence electrons. The summed E-state index contributed by atoms with van der Waals surface area (Å²) in [4.78, 5) is 0. The number of halogens is 1. The molecule has 0 radical (unpaired) electrons. The number of nitrogens with zero attached hydrogens (tertiary/aromatic N) is 1. The predicted molar refractivity (Wildman–Crippen MR) is 79.1 cm³/mol. The Hall–Kier alpha value is -1.87. The van der Waals surface area contributed by atoms with Crippen molar-refractivity contribution in [3.05, 3.63) is 76.0 Å². The SMILES string of the molecule is Brc1ccc(C2=C3C=NNC=C3C=CC=C2)cc1. The zero-order valence-electron chi connectivity index (χ0n) is 9.60. The summed E-state index contributed by atoms with van der Waals surface area (Å²) in [5.41, 5.74) is 7.54. The third kappa shape index (κ3) is 2.09. The van der Waals surface area contributed by atoms with Gasteiger partial charge in [0.2, 0.25) is 0 Å². The minimum Gasteiger partial charge on any atom is -0.285 e. The van der Waals surface area contributed by atoms with Crippen molar-refractivity contribution in [3.63, 3.8) is 0 Å². The van der Waals surface area contributed by atoms with Crippen LogP contribution in [-0.4, -0.2) is 6.21 Å². The van der Waals surface area contributed by atoms with Crippen LogP contribution >= 0.6 is 15.9 Å². The molecular weight excluding hydrogens is 288 g/mol.